The summed E-state index contributed by atoms with van der Waals surface area (Å²) in [7, 11) is 0. The average molecular weight is 244 g/mol. The first-order chi connectivity index (χ1) is 7.70. The Hall–Kier alpha value is -1.10. The number of carboxylic acids is 1. The maximum Gasteiger partial charge on any atom is 0.323 e. The Morgan fingerprint density at radius 3 is 2.24 bits per heavy atom. The fourth-order valence-corrected chi connectivity index (χ4v) is 1.74. The lowest BCUT2D eigenvalue weighted by atomic mass is 10.0. The van der Waals surface area contributed by atoms with Crippen molar-refractivity contribution in [3.05, 3.63) is 0 Å². The molecule has 0 aromatic carbocycles. The molecule has 0 heterocycles. The Morgan fingerprint density at radius 1 is 1.35 bits per heavy atom. The summed E-state index contributed by atoms with van der Waals surface area (Å²) in [5.41, 5.74) is -0.723. The van der Waals surface area contributed by atoms with Crippen LogP contribution >= 0.6 is 0 Å². The summed E-state index contributed by atoms with van der Waals surface area (Å²) in [5.74, 6) is -0.905. The highest BCUT2D eigenvalue weighted by Crippen LogP contribution is 2.10. The fourth-order valence-electron chi connectivity index (χ4n) is 1.74. The van der Waals surface area contributed by atoms with Crippen LogP contribution in [-0.4, -0.2) is 47.1 Å². The molecule has 0 spiro atoms. The van der Waals surface area contributed by atoms with Gasteiger partial charge < -0.3 is 15.3 Å². The van der Waals surface area contributed by atoms with Crippen LogP contribution in [0.3, 0.4) is 0 Å². The summed E-state index contributed by atoms with van der Waals surface area (Å²) >= 11 is 0. The molecule has 0 aromatic rings. The third kappa shape index (κ3) is 5.68. The van der Waals surface area contributed by atoms with Gasteiger partial charge in [-0.2, -0.15) is 0 Å². The van der Waals surface area contributed by atoms with Crippen molar-refractivity contribution in [3.63, 3.8) is 0 Å². The van der Waals surface area contributed by atoms with Crippen molar-refractivity contribution >= 4 is 11.9 Å². The van der Waals surface area contributed by atoms with E-state index in [9.17, 15) is 9.59 Å². The van der Waals surface area contributed by atoms with Gasteiger partial charge in [-0.1, -0.05) is 20.8 Å². The number of carbonyl (C=O) groups excluding carboxylic acids is 1. The van der Waals surface area contributed by atoms with Gasteiger partial charge in [-0.05, 0) is 26.3 Å². The molecule has 0 unspecified atom stereocenters. The third-order valence-electron chi connectivity index (χ3n) is 2.35. The molecule has 0 aliphatic rings. The summed E-state index contributed by atoms with van der Waals surface area (Å²) in [6.45, 7) is 10.3. The molecule has 2 N–H and O–H groups in total. The topological polar surface area (TPSA) is 69.6 Å². The lowest BCUT2D eigenvalue weighted by Crippen LogP contribution is -2.55. The number of carbonyl (C=O) groups is 2. The highest BCUT2D eigenvalue weighted by molar-refractivity contribution is 5.88. The molecule has 1 amide bonds. The molecule has 0 radical (unpaired) electrons. The number of amides is 1. The van der Waals surface area contributed by atoms with E-state index in [0.29, 0.717) is 13.1 Å². The Morgan fingerprint density at radius 2 is 1.88 bits per heavy atom. The Bertz CT molecular complexity index is 275. The maximum atomic E-state index is 12.2. The van der Waals surface area contributed by atoms with Gasteiger partial charge in [-0.3, -0.25) is 9.59 Å². The van der Waals surface area contributed by atoms with E-state index in [-0.39, 0.29) is 18.4 Å². The van der Waals surface area contributed by atoms with Crippen LogP contribution in [0.25, 0.3) is 0 Å². The van der Waals surface area contributed by atoms with Crippen molar-refractivity contribution in [1.29, 1.82) is 0 Å². The number of hydrogen-bond donors (Lipinski definition) is 2. The van der Waals surface area contributed by atoms with E-state index >= 15 is 0 Å². The van der Waals surface area contributed by atoms with Crippen LogP contribution in [-0.2, 0) is 9.59 Å². The van der Waals surface area contributed by atoms with Gasteiger partial charge in [0, 0.05) is 6.54 Å². The highest BCUT2D eigenvalue weighted by atomic mass is 16.4. The molecule has 5 nitrogen and oxygen atoms in total. The van der Waals surface area contributed by atoms with E-state index < -0.39 is 11.5 Å². The minimum absolute atomic E-state index is 0.171. The van der Waals surface area contributed by atoms with E-state index in [0.717, 1.165) is 0 Å². The van der Waals surface area contributed by atoms with Crippen LogP contribution < -0.4 is 5.32 Å². The minimum atomic E-state index is -0.980. The predicted molar refractivity (Wildman–Crippen MR) is 66.8 cm³/mol. The van der Waals surface area contributed by atoms with Crippen molar-refractivity contribution in [1.82, 2.24) is 10.2 Å². The normalized spacial score (nSPS) is 11.6. The van der Waals surface area contributed by atoms with E-state index in [2.05, 4.69) is 5.32 Å². The molecule has 5 heteroatoms. The van der Waals surface area contributed by atoms with Crippen LogP contribution in [0, 0.1) is 5.92 Å². The second-order valence-electron chi connectivity index (χ2n) is 5.13. The minimum Gasteiger partial charge on any atom is -0.480 e. The van der Waals surface area contributed by atoms with Crippen molar-refractivity contribution in [2.24, 2.45) is 5.92 Å². The standard InChI is InChI=1S/C12H24N2O3/c1-6-13-12(4,5)11(17)14(7-9(2)3)8-10(15)16/h9,13H,6-8H2,1-5H3,(H,15,16). The number of rotatable bonds is 7. The zero-order chi connectivity index (χ0) is 13.6. The quantitative estimate of drug-likeness (QED) is 0.699. The van der Waals surface area contributed by atoms with E-state index in [1.165, 1.54) is 4.90 Å². The molecule has 0 aliphatic heterocycles. The molecule has 0 bridgehead atoms. The number of aliphatic carboxylic acids is 1. The predicted octanol–water partition coefficient (Wildman–Crippen LogP) is 0.944. The lowest BCUT2D eigenvalue weighted by molar-refractivity contribution is -0.147. The van der Waals surface area contributed by atoms with Gasteiger partial charge in [0.05, 0.1) is 5.54 Å². The number of nitrogens with one attached hydrogen (secondary N) is 1. The van der Waals surface area contributed by atoms with Gasteiger partial charge in [-0.15, -0.1) is 0 Å². The van der Waals surface area contributed by atoms with Gasteiger partial charge in [0.15, 0.2) is 0 Å². The molecular weight excluding hydrogens is 220 g/mol. The highest BCUT2D eigenvalue weighted by Gasteiger charge is 2.32. The smallest absolute Gasteiger partial charge is 0.323 e. The molecule has 100 valence electrons. The molecule has 0 aliphatic carbocycles. The van der Waals surface area contributed by atoms with Gasteiger partial charge in [-0.25, -0.2) is 0 Å². The number of nitrogens with zero attached hydrogens (tertiary/aromatic N) is 1. The maximum absolute atomic E-state index is 12.2. The molecule has 0 atom stereocenters. The summed E-state index contributed by atoms with van der Waals surface area (Å²) in [6.07, 6.45) is 0. The van der Waals surface area contributed by atoms with Gasteiger partial charge in [0.25, 0.3) is 0 Å². The second-order valence-corrected chi connectivity index (χ2v) is 5.13. The zero-order valence-electron chi connectivity index (χ0n) is 11.4. The van der Waals surface area contributed by atoms with Crippen molar-refractivity contribution in [2.75, 3.05) is 19.6 Å². The first-order valence-electron chi connectivity index (χ1n) is 5.97. The second kappa shape index (κ2) is 6.59. The first kappa shape index (κ1) is 15.9. The van der Waals surface area contributed by atoms with Crippen molar-refractivity contribution in [3.8, 4) is 0 Å². The van der Waals surface area contributed by atoms with Gasteiger partial charge >= 0.3 is 5.97 Å². The molecular formula is C12H24N2O3. The van der Waals surface area contributed by atoms with Gasteiger partial charge in [0.2, 0.25) is 5.91 Å². The summed E-state index contributed by atoms with van der Waals surface area (Å²) < 4.78 is 0. The SMILES string of the molecule is CCNC(C)(C)C(=O)N(CC(=O)O)CC(C)C. The third-order valence-corrected chi connectivity index (χ3v) is 2.35. The first-order valence-corrected chi connectivity index (χ1v) is 5.97. The monoisotopic (exact) mass is 244 g/mol. The molecule has 0 saturated carbocycles. The molecule has 0 fully saturated rings. The van der Waals surface area contributed by atoms with Crippen LogP contribution in [0.15, 0.2) is 0 Å². The molecule has 17 heavy (non-hydrogen) atoms. The fraction of sp³-hybridized carbons (Fsp3) is 0.833. The van der Waals surface area contributed by atoms with Crippen LogP contribution in [0.2, 0.25) is 0 Å². The Kier molecular flexibility index (Phi) is 6.16. The Balaban J connectivity index is 4.78. The largest absolute Gasteiger partial charge is 0.480 e. The van der Waals surface area contributed by atoms with Crippen molar-refractivity contribution < 1.29 is 14.7 Å². The average Bonchev–Trinajstić information content (AvgIpc) is 2.13. The van der Waals surface area contributed by atoms with E-state index in [1.807, 2.05) is 20.8 Å². The number of likely N-dealkylation sites (N-methyl/N-ethyl adjacent to an activating group) is 1. The number of hydrogen-bond acceptors (Lipinski definition) is 3. The van der Waals surface area contributed by atoms with E-state index in [4.69, 9.17) is 5.11 Å². The summed E-state index contributed by atoms with van der Waals surface area (Å²) in [6, 6.07) is 0. The van der Waals surface area contributed by atoms with Gasteiger partial charge in [0.1, 0.15) is 6.54 Å². The van der Waals surface area contributed by atoms with Crippen molar-refractivity contribution in [2.45, 2.75) is 40.2 Å². The zero-order valence-corrected chi connectivity index (χ0v) is 11.4. The summed E-state index contributed by atoms with van der Waals surface area (Å²) in [4.78, 5) is 24.4. The lowest BCUT2D eigenvalue weighted by Gasteiger charge is -2.32. The molecule has 0 rings (SSSR count). The van der Waals surface area contributed by atoms with Crippen LogP contribution in [0.5, 0.6) is 0 Å². The summed E-state index contributed by atoms with van der Waals surface area (Å²) in [5, 5.41) is 11.9. The van der Waals surface area contributed by atoms with Crippen LogP contribution in [0.4, 0.5) is 0 Å². The Labute approximate surface area is 103 Å². The van der Waals surface area contributed by atoms with Crippen LogP contribution in [0.1, 0.15) is 34.6 Å². The van der Waals surface area contributed by atoms with E-state index in [1.54, 1.807) is 13.8 Å². The molecule has 0 saturated heterocycles. The molecule has 0 aromatic heterocycles. The number of carboxylic acid groups (broad SMARTS) is 1.